The van der Waals surface area contributed by atoms with Crippen LogP contribution in [0.3, 0.4) is 0 Å². The van der Waals surface area contributed by atoms with Crippen LogP contribution in [0.5, 0.6) is 0 Å². The van der Waals surface area contributed by atoms with Crippen LogP contribution in [0, 0.1) is 5.92 Å². The molecule has 2 aliphatic rings. The van der Waals surface area contributed by atoms with Crippen molar-refractivity contribution in [1.29, 1.82) is 0 Å². The number of para-hydroxylation sites is 1. The largest absolute Gasteiger partial charge is 0.335 e. The van der Waals surface area contributed by atoms with Crippen LogP contribution in [0.15, 0.2) is 48.1 Å². The number of aromatic nitrogens is 2. The van der Waals surface area contributed by atoms with Gasteiger partial charge in [0.05, 0.1) is 12.1 Å². The van der Waals surface area contributed by atoms with Crippen molar-refractivity contribution in [3.8, 4) is 0 Å². The summed E-state index contributed by atoms with van der Waals surface area (Å²) >= 11 is 0. The number of nitrogens with zero attached hydrogens (tertiary/aromatic N) is 3. The number of piperazine rings is 1. The van der Waals surface area contributed by atoms with Crippen LogP contribution in [-0.2, 0) is 4.79 Å². The standard InChI is InChI=1S/C21H23FN4O2/c1-14-12-15(6-7-17(14)22)19(27)13-25-8-10-26(11-9-25)21(28)20-16-4-2-3-5-18(16)23-24-20/h2-7,12,14,17H,8-11,13H2,1H3,(H,23,24). The maximum Gasteiger partial charge on any atom is 0.275 e. The lowest BCUT2D eigenvalue weighted by molar-refractivity contribution is -0.116. The molecule has 2 heterocycles. The van der Waals surface area contributed by atoms with Gasteiger partial charge >= 0.3 is 0 Å². The number of H-pyrrole nitrogens is 1. The second kappa shape index (κ2) is 7.67. The van der Waals surface area contributed by atoms with Crippen molar-refractivity contribution in [3.63, 3.8) is 0 Å². The molecule has 1 aliphatic heterocycles. The number of allylic oxidation sites excluding steroid dienone is 3. The van der Waals surface area contributed by atoms with Crippen molar-refractivity contribution in [3.05, 3.63) is 53.8 Å². The second-order valence-electron chi connectivity index (χ2n) is 7.39. The highest BCUT2D eigenvalue weighted by Crippen LogP contribution is 2.21. The van der Waals surface area contributed by atoms with E-state index in [0.29, 0.717) is 37.4 Å². The summed E-state index contributed by atoms with van der Waals surface area (Å²) in [7, 11) is 0. The Morgan fingerprint density at radius 3 is 2.71 bits per heavy atom. The average Bonchev–Trinajstić information content (AvgIpc) is 3.14. The first-order chi connectivity index (χ1) is 13.5. The van der Waals surface area contributed by atoms with Gasteiger partial charge in [-0.2, -0.15) is 5.10 Å². The Hall–Kier alpha value is -2.80. The fraction of sp³-hybridized carbons (Fsp3) is 0.381. The Morgan fingerprint density at radius 1 is 1.21 bits per heavy atom. The first-order valence-corrected chi connectivity index (χ1v) is 9.55. The molecule has 1 fully saturated rings. The van der Waals surface area contributed by atoms with E-state index in [1.807, 2.05) is 29.2 Å². The Labute approximate surface area is 162 Å². The van der Waals surface area contributed by atoms with E-state index < -0.39 is 6.17 Å². The number of alkyl halides is 1. The smallest absolute Gasteiger partial charge is 0.275 e. The number of Topliss-reactive ketones (excluding diaryl/α,β-unsaturated/α-hetero) is 1. The Bertz CT molecular complexity index is 956. The molecular weight excluding hydrogens is 359 g/mol. The lowest BCUT2D eigenvalue weighted by Crippen LogP contribution is -2.50. The molecule has 2 aromatic rings. The molecule has 0 saturated carbocycles. The van der Waals surface area contributed by atoms with E-state index in [-0.39, 0.29) is 24.2 Å². The fourth-order valence-corrected chi connectivity index (χ4v) is 3.67. The molecular formula is C21H23FN4O2. The molecule has 4 rings (SSSR count). The van der Waals surface area contributed by atoms with Crippen molar-refractivity contribution < 1.29 is 14.0 Å². The van der Waals surface area contributed by atoms with E-state index >= 15 is 0 Å². The Morgan fingerprint density at radius 2 is 1.96 bits per heavy atom. The summed E-state index contributed by atoms with van der Waals surface area (Å²) < 4.78 is 13.5. The van der Waals surface area contributed by atoms with Crippen molar-refractivity contribution in [2.45, 2.75) is 13.1 Å². The van der Waals surface area contributed by atoms with Gasteiger partial charge in [-0.05, 0) is 12.1 Å². The molecule has 0 radical (unpaired) electrons. The molecule has 1 saturated heterocycles. The molecule has 6 nitrogen and oxygen atoms in total. The number of carbonyl (C=O) groups excluding carboxylic acids is 2. The van der Waals surface area contributed by atoms with Gasteiger partial charge in [0.1, 0.15) is 6.17 Å². The quantitative estimate of drug-likeness (QED) is 0.881. The number of nitrogens with one attached hydrogen (secondary N) is 1. The van der Waals surface area contributed by atoms with Crippen LogP contribution in [0.25, 0.3) is 10.9 Å². The molecule has 2 unspecified atom stereocenters. The molecule has 1 aromatic carbocycles. The SMILES string of the molecule is CC1C=C(C(=O)CN2CCN(C(=O)c3n[nH]c4ccccc34)CC2)C=CC1F. The normalized spacial score (nSPS) is 23.1. The van der Waals surface area contributed by atoms with Crippen molar-refractivity contribution >= 4 is 22.6 Å². The topological polar surface area (TPSA) is 69.3 Å². The van der Waals surface area contributed by atoms with Gasteiger partial charge in [-0.15, -0.1) is 0 Å². The Kier molecular flexibility index (Phi) is 5.09. The zero-order valence-corrected chi connectivity index (χ0v) is 15.8. The number of hydrogen-bond donors (Lipinski definition) is 1. The first-order valence-electron chi connectivity index (χ1n) is 9.55. The monoisotopic (exact) mass is 382 g/mol. The van der Waals surface area contributed by atoms with E-state index in [0.717, 1.165) is 10.9 Å². The number of carbonyl (C=O) groups is 2. The predicted octanol–water partition coefficient (Wildman–Crippen LogP) is 2.36. The molecule has 7 heteroatoms. The summed E-state index contributed by atoms with van der Waals surface area (Å²) in [6.45, 7) is 4.39. The van der Waals surface area contributed by atoms with Gasteiger partial charge in [-0.3, -0.25) is 19.6 Å². The van der Waals surface area contributed by atoms with Crippen LogP contribution in [0.4, 0.5) is 4.39 Å². The van der Waals surface area contributed by atoms with Gasteiger partial charge in [0.2, 0.25) is 0 Å². The minimum atomic E-state index is -1.02. The van der Waals surface area contributed by atoms with Crippen LogP contribution in [0.2, 0.25) is 0 Å². The number of halogens is 1. The third-order valence-electron chi connectivity index (χ3n) is 5.43. The number of ketones is 1. The lowest BCUT2D eigenvalue weighted by atomic mass is 9.94. The molecule has 146 valence electrons. The molecule has 1 N–H and O–H groups in total. The average molecular weight is 382 g/mol. The van der Waals surface area contributed by atoms with Crippen LogP contribution in [0.1, 0.15) is 17.4 Å². The van der Waals surface area contributed by atoms with Gasteiger partial charge in [-0.1, -0.05) is 37.3 Å². The highest BCUT2D eigenvalue weighted by molar-refractivity contribution is 6.04. The van der Waals surface area contributed by atoms with Crippen molar-refractivity contribution in [2.75, 3.05) is 32.7 Å². The summed E-state index contributed by atoms with van der Waals surface area (Å²) in [6.07, 6.45) is 3.71. The summed E-state index contributed by atoms with van der Waals surface area (Å²) in [5.74, 6) is -0.376. The van der Waals surface area contributed by atoms with Crippen LogP contribution in [-0.4, -0.2) is 70.6 Å². The maximum atomic E-state index is 13.5. The minimum Gasteiger partial charge on any atom is -0.335 e. The fourth-order valence-electron chi connectivity index (χ4n) is 3.67. The maximum absolute atomic E-state index is 13.5. The van der Waals surface area contributed by atoms with E-state index in [4.69, 9.17) is 0 Å². The van der Waals surface area contributed by atoms with Crippen LogP contribution >= 0.6 is 0 Å². The van der Waals surface area contributed by atoms with E-state index in [1.54, 1.807) is 24.0 Å². The van der Waals surface area contributed by atoms with Gasteiger partial charge in [0.25, 0.3) is 5.91 Å². The highest BCUT2D eigenvalue weighted by atomic mass is 19.1. The molecule has 2 atom stereocenters. The number of fused-ring (bicyclic) bond motifs is 1. The van der Waals surface area contributed by atoms with E-state index in [1.165, 1.54) is 6.08 Å². The van der Waals surface area contributed by atoms with Crippen molar-refractivity contribution in [1.82, 2.24) is 20.0 Å². The zero-order valence-electron chi connectivity index (χ0n) is 15.8. The third-order valence-corrected chi connectivity index (χ3v) is 5.43. The molecule has 0 bridgehead atoms. The molecule has 1 aliphatic carbocycles. The Balaban J connectivity index is 1.35. The second-order valence-corrected chi connectivity index (χ2v) is 7.39. The summed E-state index contributed by atoms with van der Waals surface area (Å²) in [5.41, 5.74) is 1.85. The van der Waals surface area contributed by atoms with Gasteiger partial charge < -0.3 is 4.90 Å². The van der Waals surface area contributed by atoms with Gasteiger partial charge in [0, 0.05) is 43.1 Å². The zero-order chi connectivity index (χ0) is 19.7. The summed E-state index contributed by atoms with van der Waals surface area (Å²) in [5, 5.41) is 7.90. The number of benzene rings is 1. The lowest BCUT2D eigenvalue weighted by Gasteiger charge is -2.34. The molecule has 1 amide bonds. The van der Waals surface area contributed by atoms with E-state index in [2.05, 4.69) is 10.2 Å². The molecule has 28 heavy (non-hydrogen) atoms. The number of amides is 1. The third kappa shape index (κ3) is 3.62. The summed E-state index contributed by atoms with van der Waals surface area (Å²) in [6, 6.07) is 7.56. The number of rotatable bonds is 4. The predicted molar refractivity (Wildman–Crippen MR) is 105 cm³/mol. The number of hydrogen-bond acceptors (Lipinski definition) is 4. The van der Waals surface area contributed by atoms with E-state index in [9.17, 15) is 14.0 Å². The number of aromatic amines is 1. The molecule has 1 aromatic heterocycles. The van der Waals surface area contributed by atoms with Crippen molar-refractivity contribution in [2.24, 2.45) is 5.92 Å². The van der Waals surface area contributed by atoms with Gasteiger partial charge in [0.15, 0.2) is 11.5 Å². The minimum absolute atomic E-state index is 0.00641. The van der Waals surface area contributed by atoms with Gasteiger partial charge in [-0.25, -0.2) is 4.39 Å². The first kappa shape index (κ1) is 18.6. The molecule has 0 spiro atoms. The highest BCUT2D eigenvalue weighted by Gasteiger charge is 2.27. The summed E-state index contributed by atoms with van der Waals surface area (Å²) in [4.78, 5) is 29.1. The van der Waals surface area contributed by atoms with Crippen LogP contribution < -0.4 is 0 Å².